The molecule has 0 N–H and O–H groups in total. The Bertz CT molecular complexity index is 462. The van der Waals surface area contributed by atoms with Crippen molar-refractivity contribution in [1.29, 1.82) is 0 Å². The van der Waals surface area contributed by atoms with E-state index in [9.17, 15) is 18.0 Å². The lowest BCUT2D eigenvalue weighted by Crippen LogP contribution is -2.37. The highest BCUT2D eigenvalue weighted by molar-refractivity contribution is 5.94. The van der Waals surface area contributed by atoms with Crippen LogP contribution in [0.15, 0.2) is 24.3 Å². The van der Waals surface area contributed by atoms with Crippen molar-refractivity contribution in [3.8, 4) is 5.75 Å². The van der Waals surface area contributed by atoms with Crippen molar-refractivity contribution in [3.05, 3.63) is 29.8 Å². The Morgan fingerprint density at radius 3 is 2.25 bits per heavy atom. The van der Waals surface area contributed by atoms with Crippen LogP contribution in [0.25, 0.3) is 0 Å². The van der Waals surface area contributed by atoms with E-state index in [-0.39, 0.29) is 11.7 Å². The van der Waals surface area contributed by atoms with Gasteiger partial charge in [0.15, 0.2) is 0 Å². The van der Waals surface area contributed by atoms with E-state index >= 15 is 0 Å². The molecule has 2 rings (SSSR count). The van der Waals surface area contributed by atoms with Gasteiger partial charge in [0.05, 0.1) is 0 Å². The second-order valence-corrected chi connectivity index (χ2v) is 5.05. The van der Waals surface area contributed by atoms with Crippen LogP contribution in [-0.4, -0.2) is 30.3 Å². The number of halogens is 3. The maximum absolute atomic E-state index is 12.2. The van der Waals surface area contributed by atoms with Gasteiger partial charge in [-0.25, -0.2) is 0 Å². The fourth-order valence-electron chi connectivity index (χ4n) is 2.19. The minimum Gasteiger partial charge on any atom is -0.406 e. The number of alkyl halides is 3. The van der Waals surface area contributed by atoms with E-state index in [1.54, 1.807) is 4.90 Å². The predicted octanol–water partition coefficient (Wildman–Crippen LogP) is 3.46. The molecule has 1 heterocycles. The number of rotatable bonds is 2. The van der Waals surface area contributed by atoms with Gasteiger partial charge in [-0.1, -0.05) is 6.92 Å². The fraction of sp³-hybridized carbons (Fsp3) is 0.500. The molecular weight excluding hydrogens is 271 g/mol. The van der Waals surface area contributed by atoms with E-state index in [1.165, 1.54) is 12.1 Å². The van der Waals surface area contributed by atoms with E-state index in [4.69, 9.17) is 0 Å². The molecule has 110 valence electrons. The first-order chi connectivity index (χ1) is 9.35. The zero-order valence-corrected chi connectivity index (χ0v) is 11.1. The van der Waals surface area contributed by atoms with Crippen LogP contribution in [0, 0.1) is 5.92 Å². The standard InChI is InChI=1S/C14H16F3NO2/c1-10-6-8-18(9-7-10)13(19)11-2-4-12(5-3-11)20-14(15,16)17/h2-5,10H,6-9H2,1H3. The Labute approximate surface area is 115 Å². The smallest absolute Gasteiger partial charge is 0.406 e. The maximum atomic E-state index is 12.2. The molecule has 6 heteroatoms. The lowest BCUT2D eigenvalue weighted by molar-refractivity contribution is -0.274. The first kappa shape index (κ1) is 14.7. The molecule has 0 spiro atoms. The van der Waals surface area contributed by atoms with Crippen LogP contribution < -0.4 is 4.74 Å². The Kier molecular flexibility index (Phi) is 4.20. The molecule has 3 nitrogen and oxygen atoms in total. The van der Waals surface area contributed by atoms with E-state index in [0.717, 1.165) is 25.0 Å². The van der Waals surface area contributed by atoms with E-state index in [1.807, 2.05) is 0 Å². The molecule has 1 aliphatic heterocycles. The summed E-state index contributed by atoms with van der Waals surface area (Å²) >= 11 is 0. The van der Waals surface area contributed by atoms with E-state index < -0.39 is 6.36 Å². The number of ether oxygens (including phenoxy) is 1. The Hall–Kier alpha value is -1.72. The van der Waals surface area contributed by atoms with Gasteiger partial charge < -0.3 is 9.64 Å². The molecule has 1 amide bonds. The zero-order chi connectivity index (χ0) is 14.8. The highest BCUT2D eigenvalue weighted by Crippen LogP contribution is 2.24. The van der Waals surface area contributed by atoms with Gasteiger partial charge in [-0.05, 0) is 43.0 Å². The number of piperidine rings is 1. The zero-order valence-electron chi connectivity index (χ0n) is 11.1. The fourth-order valence-corrected chi connectivity index (χ4v) is 2.19. The largest absolute Gasteiger partial charge is 0.573 e. The molecule has 0 radical (unpaired) electrons. The molecule has 0 unspecified atom stereocenters. The van der Waals surface area contributed by atoms with Crippen molar-refractivity contribution in [2.24, 2.45) is 5.92 Å². The summed E-state index contributed by atoms with van der Waals surface area (Å²) in [4.78, 5) is 13.9. The third-order valence-corrected chi connectivity index (χ3v) is 3.41. The number of carbonyl (C=O) groups excluding carboxylic acids is 1. The number of hydrogen-bond donors (Lipinski definition) is 0. The quantitative estimate of drug-likeness (QED) is 0.833. The molecule has 20 heavy (non-hydrogen) atoms. The normalized spacial score (nSPS) is 17.1. The number of hydrogen-bond acceptors (Lipinski definition) is 2. The van der Waals surface area contributed by atoms with Crippen molar-refractivity contribution < 1.29 is 22.7 Å². The molecule has 1 aliphatic rings. The van der Waals surface area contributed by atoms with E-state index in [2.05, 4.69) is 11.7 Å². The predicted molar refractivity (Wildman–Crippen MR) is 67.4 cm³/mol. The Morgan fingerprint density at radius 1 is 1.20 bits per heavy atom. The molecule has 1 aromatic carbocycles. The molecule has 1 fully saturated rings. The van der Waals surface area contributed by atoms with Crippen LogP contribution in [0.2, 0.25) is 0 Å². The van der Waals surface area contributed by atoms with Crippen molar-refractivity contribution >= 4 is 5.91 Å². The highest BCUT2D eigenvalue weighted by atomic mass is 19.4. The lowest BCUT2D eigenvalue weighted by Gasteiger charge is -2.30. The monoisotopic (exact) mass is 287 g/mol. The van der Waals surface area contributed by atoms with E-state index in [0.29, 0.717) is 24.6 Å². The van der Waals surface area contributed by atoms with Crippen molar-refractivity contribution in [2.45, 2.75) is 26.1 Å². The van der Waals surface area contributed by atoms with Crippen LogP contribution in [-0.2, 0) is 0 Å². The van der Waals surface area contributed by atoms with Gasteiger partial charge in [-0.2, -0.15) is 0 Å². The number of carbonyl (C=O) groups is 1. The average Bonchev–Trinajstić information content (AvgIpc) is 2.38. The average molecular weight is 287 g/mol. The van der Waals surface area contributed by atoms with Gasteiger partial charge in [0, 0.05) is 18.7 Å². The van der Waals surface area contributed by atoms with Gasteiger partial charge in [-0.15, -0.1) is 13.2 Å². The van der Waals surface area contributed by atoms with Gasteiger partial charge in [0.1, 0.15) is 5.75 Å². The summed E-state index contributed by atoms with van der Waals surface area (Å²) in [5, 5.41) is 0. The van der Waals surface area contributed by atoms with Crippen molar-refractivity contribution in [2.75, 3.05) is 13.1 Å². The number of likely N-dealkylation sites (tertiary alicyclic amines) is 1. The summed E-state index contributed by atoms with van der Waals surface area (Å²) in [6.07, 6.45) is -2.80. The van der Waals surface area contributed by atoms with Crippen molar-refractivity contribution in [3.63, 3.8) is 0 Å². The van der Waals surface area contributed by atoms with Crippen molar-refractivity contribution in [1.82, 2.24) is 4.90 Å². The lowest BCUT2D eigenvalue weighted by atomic mass is 9.98. The van der Waals surface area contributed by atoms with Gasteiger partial charge >= 0.3 is 6.36 Å². The molecule has 1 aromatic rings. The van der Waals surface area contributed by atoms with Crippen LogP contribution in [0.1, 0.15) is 30.1 Å². The summed E-state index contributed by atoms with van der Waals surface area (Å²) in [6.45, 7) is 3.53. The third-order valence-electron chi connectivity index (χ3n) is 3.41. The Balaban J connectivity index is 2.00. The first-order valence-electron chi connectivity index (χ1n) is 6.50. The van der Waals surface area contributed by atoms with Gasteiger partial charge in [0.25, 0.3) is 5.91 Å². The molecule has 0 atom stereocenters. The minimum absolute atomic E-state index is 0.143. The second kappa shape index (κ2) is 5.73. The summed E-state index contributed by atoms with van der Waals surface area (Å²) in [5.74, 6) is 0.151. The summed E-state index contributed by atoms with van der Waals surface area (Å²) in [7, 11) is 0. The SMILES string of the molecule is CC1CCN(C(=O)c2ccc(OC(F)(F)F)cc2)CC1. The molecular formula is C14H16F3NO2. The van der Waals surface area contributed by atoms with Gasteiger partial charge in [0.2, 0.25) is 0 Å². The number of benzene rings is 1. The van der Waals surface area contributed by atoms with Crippen LogP contribution in [0.5, 0.6) is 5.75 Å². The highest BCUT2D eigenvalue weighted by Gasteiger charge is 2.31. The van der Waals surface area contributed by atoms with Crippen LogP contribution in [0.4, 0.5) is 13.2 Å². The number of amides is 1. The molecule has 1 saturated heterocycles. The second-order valence-electron chi connectivity index (χ2n) is 5.05. The Morgan fingerprint density at radius 2 is 1.75 bits per heavy atom. The topological polar surface area (TPSA) is 29.5 Å². The van der Waals surface area contributed by atoms with Crippen LogP contribution >= 0.6 is 0 Å². The van der Waals surface area contributed by atoms with Crippen LogP contribution in [0.3, 0.4) is 0 Å². The molecule has 0 saturated carbocycles. The molecule has 0 aliphatic carbocycles. The number of nitrogens with zero attached hydrogens (tertiary/aromatic N) is 1. The summed E-state index contributed by atoms with van der Waals surface area (Å²) in [6, 6.07) is 5.05. The van der Waals surface area contributed by atoms with Gasteiger partial charge in [-0.3, -0.25) is 4.79 Å². The first-order valence-corrected chi connectivity index (χ1v) is 6.50. The third kappa shape index (κ3) is 3.88. The summed E-state index contributed by atoms with van der Waals surface area (Å²) in [5.41, 5.74) is 0.383. The molecule has 0 bridgehead atoms. The summed E-state index contributed by atoms with van der Waals surface area (Å²) < 4.78 is 39.9. The minimum atomic E-state index is -4.71. The maximum Gasteiger partial charge on any atom is 0.573 e. The molecule has 0 aromatic heterocycles.